The smallest absolute Gasteiger partial charge is 0.320 e. The molecule has 2 N–H and O–H groups in total. The van der Waals surface area contributed by atoms with E-state index in [1.807, 2.05) is 23.7 Å². The summed E-state index contributed by atoms with van der Waals surface area (Å²) in [6.45, 7) is 8.65. The molecular formula is C20H29N5O. The van der Waals surface area contributed by atoms with Gasteiger partial charge in [-0.25, -0.2) is 9.48 Å². The van der Waals surface area contributed by atoms with E-state index < -0.39 is 0 Å². The van der Waals surface area contributed by atoms with E-state index in [-0.39, 0.29) is 6.03 Å². The van der Waals surface area contributed by atoms with Crippen molar-refractivity contribution in [2.75, 3.05) is 25.0 Å². The summed E-state index contributed by atoms with van der Waals surface area (Å²) in [5.74, 6) is 1.27. The lowest BCUT2D eigenvalue weighted by Crippen LogP contribution is -2.34. The maximum absolute atomic E-state index is 12.2. The quantitative estimate of drug-likeness (QED) is 0.801. The first-order chi connectivity index (χ1) is 12.6. The van der Waals surface area contributed by atoms with Gasteiger partial charge in [0.05, 0.1) is 5.69 Å². The zero-order valence-corrected chi connectivity index (χ0v) is 15.7. The molecule has 1 aliphatic heterocycles. The molecular weight excluding hydrogens is 326 g/mol. The van der Waals surface area contributed by atoms with E-state index in [2.05, 4.69) is 51.8 Å². The maximum atomic E-state index is 12.2. The van der Waals surface area contributed by atoms with Crippen LogP contribution in [0.2, 0.25) is 0 Å². The van der Waals surface area contributed by atoms with Crippen molar-refractivity contribution in [2.24, 2.45) is 5.92 Å². The Balaban J connectivity index is 1.42. The van der Waals surface area contributed by atoms with Gasteiger partial charge in [0.25, 0.3) is 0 Å². The number of anilines is 1. The number of carbonyl (C=O) groups excluding carboxylic acids is 1. The van der Waals surface area contributed by atoms with Crippen molar-refractivity contribution in [3.05, 3.63) is 47.7 Å². The first-order valence-corrected chi connectivity index (χ1v) is 9.49. The monoisotopic (exact) mass is 355 g/mol. The second-order valence-electron chi connectivity index (χ2n) is 7.10. The average molecular weight is 355 g/mol. The van der Waals surface area contributed by atoms with E-state index in [1.54, 1.807) is 0 Å². The number of amides is 2. The standard InChI is InChI=1S/C20H29N5O/c1-3-10-25-19(12-16(2)23-25)22-20(26)21-13-18-9-11-24(15-18)14-17-7-5-4-6-8-17/h4-8,12,18H,3,9-11,13-15H2,1-2H3,(H2,21,22,26)/t18-/m1/s1. The molecule has 2 amide bonds. The number of urea groups is 1. The topological polar surface area (TPSA) is 62.2 Å². The Labute approximate surface area is 155 Å². The van der Waals surface area contributed by atoms with Gasteiger partial charge in [-0.1, -0.05) is 37.3 Å². The van der Waals surface area contributed by atoms with Crippen LogP contribution in [0, 0.1) is 12.8 Å². The third kappa shape index (κ3) is 5.08. The van der Waals surface area contributed by atoms with E-state index in [0.717, 1.165) is 50.5 Å². The summed E-state index contributed by atoms with van der Waals surface area (Å²) in [6.07, 6.45) is 2.11. The highest BCUT2D eigenvalue weighted by molar-refractivity contribution is 5.88. The Bertz CT molecular complexity index is 712. The number of hydrogen-bond acceptors (Lipinski definition) is 3. The molecule has 26 heavy (non-hydrogen) atoms. The SMILES string of the molecule is CCCn1nc(C)cc1NC(=O)NC[C@H]1CCN(Cc2ccccc2)C1. The van der Waals surface area contributed by atoms with Crippen LogP contribution in [0.25, 0.3) is 0 Å². The second kappa shape index (κ2) is 8.85. The van der Waals surface area contributed by atoms with Gasteiger partial charge >= 0.3 is 6.03 Å². The van der Waals surface area contributed by atoms with E-state index in [4.69, 9.17) is 0 Å². The zero-order chi connectivity index (χ0) is 18.4. The first kappa shape index (κ1) is 18.5. The van der Waals surface area contributed by atoms with Gasteiger partial charge in [-0.3, -0.25) is 10.2 Å². The Hall–Kier alpha value is -2.34. The number of nitrogens with one attached hydrogen (secondary N) is 2. The Morgan fingerprint density at radius 3 is 2.88 bits per heavy atom. The number of aryl methyl sites for hydroxylation is 2. The van der Waals surface area contributed by atoms with E-state index in [1.165, 1.54) is 5.56 Å². The summed E-state index contributed by atoms with van der Waals surface area (Å²) in [7, 11) is 0. The Morgan fingerprint density at radius 2 is 2.12 bits per heavy atom. The highest BCUT2D eigenvalue weighted by atomic mass is 16.2. The number of carbonyl (C=O) groups is 1. The third-order valence-electron chi connectivity index (χ3n) is 4.75. The molecule has 0 radical (unpaired) electrons. The van der Waals surface area contributed by atoms with Crippen molar-refractivity contribution in [3.8, 4) is 0 Å². The minimum Gasteiger partial charge on any atom is -0.338 e. The molecule has 1 aliphatic rings. The summed E-state index contributed by atoms with van der Waals surface area (Å²) < 4.78 is 1.85. The fourth-order valence-electron chi connectivity index (χ4n) is 3.49. The predicted molar refractivity (Wildman–Crippen MR) is 104 cm³/mol. The molecule has 6 heteroatoms. The lowest BCUT2D eigenvalue weighted by Gasteiger charge is -2.16. The zero-order valence-electron chi connectivity index (χ0n) is 15.7. The van der Waals surface area contributed by atoms with Crippen LogP contribution >= 0.6 is 0 Å². The largest absolute Gasteiger partial charge is 0.338 e. The van der Waals surface area contributed by atoms with Gasteiger partial charge in [0, 0.05) is 32.2 Å². The molecule has 3 rings (SSSR count). The summed E-state index contributed by atoms with van der Waals surface area (Å²) in [6, 6.07) is 12.3. The molecule has 140 valence electrons. The van der Waals surface area contributed by atoms with E-state index in [9.17, 15) is 4.79 Å². The highest BCUT2D eigenvalue weighted by Gasteiger charge is 2.23. The van der Waals surface area contributed by atoms with Gasteiger partial charge < -0.3 is 5.32 Å². The van der Waals surface area contributed by atoms with E-state index in [0.29, 0.717) is 12.5 Å². The molecule has 1 atom stereocenters. The van der Waals surface area contributed by atoms with Crippen molar-refractivity contribution in [3.63, 3.8) is 0 Å². The van der Waals surface area contributed by atoms with Crippen molar-refractivity contribution < 1.29 is 4.79 Å². The van der Waals surface area contributed by atoms with Crippen LogP contribution < -0.4 is 10.6 Å². The fraction of sp³-hybridized carbons (Fsp3) is 0.500. The molecule has 0 bridgehead atoms. The molecule has 1 fully saturated rings. The van der Waals surface area contributed by atoms with Crippen LogP contribution in [-0.4, -0.2) is 40.3 Å². The minimum atomic E-state index is -0.149. The Morgan fingerprint density at radius 1 is 1.31 bits per heavy atom. The molecule has 2 aromatic rings. The van der Waals surface area contributed by atoms with Gasteiger partial charge in [0.1, 0.15) is 5.82 Å². The molecule has 6 nitrogen and oxygen atoms in total. The van der Waals surface area contributed by atoms with Crippen molar-refractivity contribution in [1.29, 1.82) is 0 Å². The summed E-state index contributed by atoms with van der Waals surface area (Å²) in [5.41, 5.74) is 2.26. The summed E-state index contributed by atoms with van der Waals surface area (Å²) in [4.78, 5) is 14.7. The van der Waals surface area contributed by atoms with Crippen molar-refractivity contribution >= 4 is 11.8 Å². The minimum absolute atomic E-state index is 0.149. The molecule has 0 aliphatic carbocycles. The lowest BCUT2D eigenvalue weighted by atomic mass is 10.1. The van der Waals surface area contributed by atoms with Gasteiger partial charge in [0.15, 0.2) is 0 Å². The summed E-state index contributed by atoms with van der Waals surface area (Å²) >= 11 is 0. The molecule has 0 saturated carbocycles. The number of nitrogens with zero attached hydrogens (tertiary/aromatic N) is 3. The third-order valence-corrected chi connectivity index (χ3v) is 4.75. The Kier molecular flexibility index (Phi) is 6.28. The molecule has 1 aromatic carbocycles. The van der Waals surface area contributed by atoms with Crippen LogP contribution in [0.3, 0.4) is 0 Å². The number of rotatable bonds is 7. The predicted octanol–water partition coefficient (Wildman–Crippen LogP) is 3.25. The molecule has 2 heterocycles. The molecule has 1 saturated heterocycles. The fourth-order valence-corrected chi connectivity index (χ4v) is 3.49. The first-order valence-electron chi connectivity index (χ1n) is 9.49. The average Bonchev–Trinajstić information content (AvgIpc) is 3.21. The molecule has 1 aromatic heterocycles. The van der Waals surface area contributed by atoms with Crippen LogP contribution in [-0.2, 0) is 13.1 Å². The second-order valence-corrected chi connectivity index (χ2v) is 7.10. The van der Waals surface area contributed by atoms with Crippen LogP contribution in [0.4, 0.5) is 10.6 Å². The summed E-state index contributed by atoms with van der Waals surface area (Å²) in [5, 5.41) is 10.4. The van der Waals surface area contributed by atoms with Crippen molar-refractivity contribution in [2.45, 2.75) is 39.8 Å². The number of hydrogen-bond donors (Lipinski definition) is 2. The lowest BCUT2D eigenvalue weighted by molar-refractivity contribution is 0.249. The van der Waals surface area contributed by atoms with Gasteiger partial charge in [-0.05, 0) is 37.8 Å². The van der Waals surface area contributed by atoms with Crippen LogP contribution in [0.5, 0.6) is 0 Å². The van der Waals surface area contributed by atoms with Gasteiger partial charge in [-0.2, -0.15) is 5.10 Å². The highest BCUT2D eigenvalue weighted by Crippen LogP contribution is 2.18. The van der Waals surface area contributed by atoms with Crippen molar-refractivity contribution in [1.82, 2.24) is 20.0 Å². The number of benzene rings is 1. The van der Waals surface area contributed by atoms with Gasteiger partial charge in [0.2, 0.25) is 0 Å². The van der Waals surface area contributed by atoms with Gasteiger partial charge in [-0.15, -0.1) is 0 Å². The number of aromatic nitrogens is 2. The van der Waals surface area contributed by atoms with E-state index >= 15 is 0 Å². The normalized spacial score (nSPS) is 17.4. The maximum Gasteiger partial charge on any atom is 0.320 e. The number of likely N-dealkylation sites (tertiary alicyclic amines) is 1. The van der Waals surface area contributed by atoms with Crippen LogP contribution in [0.1, 0.15) is 31.0 Å². The van der Waals surface area contributed by atoms with Crippen LogP contribution in [0.15, 0.2) is 36.4 Å². The molecule has 0 spiro atoms. The molecule has 0 unspecified atom stereocenters.